The third-order valence-corrected chi connectivity index (χ3v) is 2.81. The van der Waals surface area contributed by atoms with Gasteiger partial charge in [0.25, 0.3) is 10.1 Å². The van der Waals surface area contributed by atoms with E-state index in [1.165, 1.54) is 30.5 Å². The molecule has 98 valence electrons. The molecule has 0 heterocycles. The van der Waals surface area contributed by atoms with Crippen LogP contribution in [-0.4, -0.2) is 19.0 Å². The van der Waals surface area contributed by atoms with Crippen molar-refractivity contribution in [3.05, 3.63) is 36.5 Å². The first-order chi connectivity index (χ1) is 8.43. The fourth-order valence-corrected chi connectivity index (χ4v) is 1.68. The maximum absolute atomic E-state index is 11.4. The number of rotatable bonds is 4. The Morgan fingerprint density at radius 1 is 1.44 bits per heavy atom. The summed E-state index contributed by atoms with van der Waals surface area (Å²) in [7, 11) is -4.27. The van der Waals surface area contributed by atoms with Crippen molar-refractivity contribution in [1.82, 2.24) is 5.32 Å². The molecule has 0 saturated carbocycles. The summed E-state index contributed by atoms with van der Waals surface area (Å²) in [6.45, 7) is 1.92. The van der Waals surface area contributed by atoms with Gasteiger partial charge in [-0.3, -0.25) is 4.55 Å². The third-order valence-electron chi connectivity index (χ3n) is 1.96. The Balaban J connectivity index is 2.74. The van der Waals surface area contributed by atoms with Crippen LogP contribution in [0.5, 0.6) is 0 Å². The van der Waals surface area contributed by atoms with E-state index >= 15 is 0 Å². The molecule has 1 aromatic carbocycles. The molecule has 1 aromatic rings. The monoisotopic (exact) mass is 270 g/mol. The van der Waals surface area contributed by atoms with Crippen molar-refractivity contribution in [3.63, 3.8) is 0 Å². The molecule has 0 atom stereocenters. The summed E-state index contributed by atoms with van der Waals surface area (Å²) in [5.74, 6) is 0. The first-order valence-electron chi connectivity index (χ1n) is 5.23. The molecule has 18 heavy (non-hydrogen) atoms. The number of hydrogen-bond donors (Lipinski definition) is 3. The zero-order valence-corrected chi connectivity index (χ0v) is 10.6. The van der Waals surface area contributed by atoms with Crippen LogP contribution in [0.4, 0.5) is 10.5 Å². The molecule has 0 unspecified atom stereocenters. The number of amides is 2. The van der Waals surface area contributed by atoms with E-state index < -0.39 is 16.1 Å². The maximum Gasteiger partial charge on any atom is 0.323 e. The predicted octanol–water partition coefficient (Wildman–Crippen LogP) is 1.98. The Hall–Kier alpha value is -1.86. The van der Waals surface area contributed by atoms with Gasteiger partial charge in [0.2, 0.25) is 0 Å². The van der Waals surface area contributed by atoms with Crippen molar-refractivity contribution in [2.24, 2.45) is 0 Å². The van der Waals surface area contributed by atoms with Crippen LogP contribution in [0.1, 0.15) is 13.3 Å². The minimum Gasteiger partial charge on any atom is -0.315 e. The van der Waals surface area contributed by atoms with Crippen LogP contribution in [-0.2, 0) is 10.1 Å². The van der Waals surface area contributed by atoms with Crippen molar-refractivity contribution >= 4 is 21.8 Å². The summed E-state index contributed by atoms with van der Waals surface area (Å²) in [6, 6.07) is 4.83. The smallest absolute Gasteiger partial charge is 0.315 e. The zero-order valence-electron chi connectivity index (χ0n) is 9.75. The van der Waals surface area contributed by atoms with E-state index in [9.17, 15) is 13.2 Å². The van der Waals surface area contributed by atoms with Gasteiger partial charge in [-0.15, -0.1) is 0 Å². The lowest BCUT2D eigenvalue weighted by molar-refractivity contribution is 0.255. The maximum atomic E-state index is 11.4. The Kier molecular flexibility index (Phi) is 4.87. The number of hydrogen-bond acceptors (Lipinski definition) is 3. The van der Waals surface area contributed by atoms with Gasteiger partial charge in [0.05, 0.1) is 4.90 Å². The molecule has 0 aliphatic heterocycles. The fraction of sp³-hybridized carbons (Fsp3) is 0.182. The van der Waals surface area contributed by atoms with Crippen molar-refractivity contribution in [1.29, 1.82) is 0 Å². The van der Waals surface area contributed by atoms with Gasteiger partial charge < -0.3 is 10.6 Å². The van der Waals surface area contributed by atoms with Gasteiger partial charge in [-0.1, -0.05) is 19.1 Å². The highest BCUT2D eigenvalue weighted by Crippen LogP contribution is 2.14. The normalized spacial score (nSPS) is 11.4. The first-order valence-corrected chi connectivity index (χ1v) is 6.67. The van der Waals surface area contributed by atoms with E-state index in [1.54, 1.807) is 6.08 Å². The van der Waals surface area contributed by atoms with Crippen molar-refractivity contribution in [2.75, 3.05) is 5.32 Å². The number of allylic oxidation sites excluding steroid dienone is 1. The lowest BCUT2D eigenvalue weighted by Crippen LogP contribution is -2.23. The minimum absolute atomic E-state index is 0.271. The van der Waals surface area contributed by atoms with Crippen LogP contribution in [0.2, 0.25) is 0 Å². The van der Waals surface area contributed by atoms with E-state index in [0.29, 0.717) is 0 Å². The van der Waals surface area contributed by atoms with Gasteiger partial charge >= 0.3 is 6.03 Å². The molecule has 2 amide bonds. The van der Waals surface area contributed by atoms with Crippen molar-refractivity contribution in [3.8, 4) is 0 Å². The van der Waals surface area contributed by atoms with Gasteiger partial charge in [0.15, 0.2) is 0 Å². The quantitative estimate of drug-likeness (QED) is 0.729. The molecule has 3 N–H and O–H groups in total. The van der Waals surface area contributed by atoms with Crippen LogP contribution in [0, 0.1) is 0 Å². The second-order valence-corrected chi connectivity index (χ2v) is 4.83. The van der Waals surface area contributed by atoms with Gasteiger partial charge in [-0.05, 0) is 24.6 Å². The molecule has 0 bridgehead atoms. The van der Waals surface area contributed by atoms with Gasteiger partial charge in [0, 0.05) is 11.9 Å². The number of anilines is 1. The Morgan fingerprint density at radius 2 is 2.17 bits per heavy atom. The molecule has 7 heteroatoms. The molecule has 0 aromatic heterocycles. The second kappa shape index (κ2) is 6.18. The zero-order chi connectivity index (χ0) is 13.6. The summed E-state index contributed by atoms with van der Waals surface area (Å²) < 4.78 is 30.6. The van der Waals surface area contributed by atoms with E-state index in [0.717, 1.165) is 6.42 Å². The van der Waals surface area contributed by atoms with E-state index in [4.69, 9.17) is 4.55 Å². The van der Waals surface area contributed by atoms with E-state index in [2.05, 4.69) is 10.6 Å². The summed E-state index contributed by atoms with van der Waals surface area (Å²) in [5.41, 5.74) is 0.271. The Bertz CT molecular complexity index is 552. The highest BCUT2D eigenvalue weighted by atomic mass is 32.2. The lowest BCUT2D eigenvalue weighted by atomic mass is 10.3. The highest BCUT2D eigenvalue weighted by molar-refractivity contribution is 7.85. The average molecular weight is 270 g/mol. The summed E-state index contributed by atoms with van der Waals surface area (Å²) >= 11 is 0. The van der Waals surface area contributed by atoms with Crippen LogP contribution in [0.25, 0.3) is 0 Å². The lowest BCUT2D eigenvalue weighted by Gasteiger charge is -2.05. The van der Waals surface area contributed by atoms with Crippen LogP contribution >= 0.6 is 0 Å². The van der Waals surface area contributed by atoms with Crippen LogP contribution < -0.4 is 10.6 Å². The number of benzene rings is 1. The van der Waals surface area contributed by atoms with E-state index in [1.807, 2.05) is 6.92 Å². The highest BCUT2D eigenvalue weighted by Gasteiger charge is 2.10. The van der Waals surface area contributed by atoms with Crippen molar-refractivity contribution in [2.45, 2.75) is 18.2 Å². The fourth-order valence-electron chi connectivity index (χ4n) is 1.15. The number of nitrogens with one attached hydrogen (secondary N) is 2. The number of urea groups is 1. The largest absolute Gasteiger partial charge is 0.323 e. The Labute approximate surface area is 105 Å². The topological polar surface area (TPSA) is 95.5 Å². The van der Waals surface area contributed by atoms with Crippen molar-refractivity contribution < 1.29 is 17.8 Å². The van der Waals surface area contributed by atoms with E-state index in [-0.39, 0.29) is 10.6 Å². The molecule has 0 spiro atoms. The molecular formula is C11H14N2O4S. The molecule has 0 fully saturated rings. The number of carbonyl (C=O) groups excluding carboxylic acids is 1. The predicted molar refractivity (Wildman–Crippen MR) is 67.8 cm³/mol. The molecule has 0 aliphatic carbocycles. The molecule has 0 saturated heterocycles. The molecule has 0 radical (unpaired) electrons. The SMILES string of the molecule is CC/C=C/NC(=O)Nc1cccc(S(=O)(=O)O)c1. The number of carbonyl (C=O) groups is 1. The summed E-state index contributed by atoms with van der Waals surface area (Å²) in [4.78, 5) is 11.1. The van der Waals surface area contributed by atoms with Gasteiger partial charge in [0.1, 0.15) is 0 Å². The average Bonchev–Trinajstić information content (AvgIpc) is 2.28. The first kappa shape index (κ1) is 14.2. The minimum atomic E-state index is -4.27. The molecule has 1 rings (SSSR count). The molecule has 0 aliphatic rings. The van der Waals surface area contributed by atoms with Crippen LogP contribution in [0.3, 0.4) is 0 Å². The second-order valence-electron chi connectivity index (χ2n) is 3.41. The molecule has 6 nitrogen and oxygen atoms in total. The van der Waals surface area contributed by atoms with Gasteiger partial charge in [-0.2, -0.15) is 8.42 Å². The summed E-state index contributed by atoms with van der Waals surface area (Å²) in [6.07, 6.45) is 4.04. The van der Waals surface area contributed by atoms with Gasteiger partial charge in [-0.25, -0.2) is 4.79 Å². The summed E-state index contributed by atoms with van der Waals surface area (Å²) in [5, 5.41) is 4.88. The standard InChI is InChI=1S/C11H14N2O4S/c1-2-3-7-12-11(14)13-9-5-4-6-10(8-9)18(15,16)17/h3-8H,2H2,1H3,(H2,12,13,14)(H,15,16,17)/b7-3+. The van der Waals surface area contributed by atoms with Crippen LogP contribution in [0.15, 0.2) is 41.4 Å². The molecular weight excluding hydrogens is 256 g/mol. The Morgan fingerprint density at radius 3 is 2.78 bits per heavy atom. The third kappa shape index (κ3) is 4.56.